The van der Waals surface area contributed by atoms with E-state index in [2.05, 4.69) is 0 Å². The van der Waals surface area contributed by atoms with E-state index in [4.69, 9.17) is 9.73 Å². The molecule has 1 spiro atoms. The zero-order valence-electron chi connectivity index (χ0n) is 16.8. The van der Waals surface area contributed by atoms with Gasteiger partial charge in [-0.25, -0.2) is 4.99 Å². The van der Waals surface area contributed by atoms with Crippen molar-refractivity contribution in [3.8, 4) is 0 Å². The van der Waals surface area contributed by atoms with E-state index in [0.29, 0.717) is 18.0 Å². The van der Waals surface area contributed by atoms with Gasteiger partial charge in [-0.05, 0) is 42.8 Å². The molecule has 2 aliphatic rings. The lowest BCUT2D eigenvalue weighted by Gasteiger charge is -2.29. The molecule has 0 fully saturated rings. The first-order valence-electron chi connectivity index (χ1n) is 10.0. The first kappa shape index (κ1) is 19.0. The van der Waals surface area contributed by atoms with Crippen molar-refractivity contribution in [3.05, 3.63) is 106 Å². The van der Waals surface area contributed by atoms with E-state index >= 15 is 0 Å². The van der Waals surface area contributed by atoms with Crippen LogP contribution in [0.2, 0.25) is 0 Å². The normalized spacial score (nSPS) is 21.7. The van der Waals surface area contributed by atoms with E-state index < -0.39 is 16.6 Å². The molecule has 154 valence electrons. The fraction of sp³-hybridized carbons (Fsp3) is 0.167. The van der Waals surface area contributed by atoms with Crippen LogP contribution in [0.1, 0.15) is 29.7 Å². The largest absolute Gasteiger partial charge is 0.453 e. The number of carbonyl (C=O) groups is 1. The van der Waals surface area contributed by atoms with Crippen molar-refractivity contribution < 1.29 is 14.5 Å². The Bertz CT molecular complexity index is 1210. The average molecular weight is 413 g/mol. The molecular weight excluding hydrogens is 394 g/mol. The Hall–Kier alpha value is -4.00. The van der Waals surface area contributed by atoms with Crippen LogP contribution in [0.3, 0.4) is 0 Å². The van der Waals surface area contributed by atoms with Gasteiger partial charge in [0.15, 0.2) is 0 Å². The molecular formula is C24H19N3O4. The third-order valence-electron chi connectivity index (χ3n) is 5.80. The SMILES string of the molecule is CCN1C(=O)[C@@]2(OC(c3ccccc3)=N[C@@H]2c2ccc([N+](=O)[O-])cc2)c2ccccc21. The summed E-state index contributed by atoms with van der Waals surface area (Å²) in [4.78, 5) is 31.0. The van der Waals surface area contributed by atoms with Crippen LogP contribution in [-0.2, 0) is 15.1 Å². The first-order valence-corrected chi connectivity index (χ1v) is 10.0. The number of amides is 1. The maximum absolute atomic E-state index is 13.8. The van der Waals surface area contributed by atoms with Gasteiger partial charge in [-0.3, -0.25) is 14.9 Å². The van der Waals surface area contributed by atoms with Gasteiger partial charge in [0.2, 0.25) is 11.5 Å². The van der Waals surface area contributed by atoms with Gasteiger partial charge in [-0.1, -0.05) is 36.4 Å². The number of para-hydroxylation sites is 1. The second-order valence-corrected chi connectivity index (χ2v) is 7.46. The Labute approximate surface area is 178 Å². The summed E-state index contributed by atoms with van der Waals surface area (Å²) in [7, 11) is 0. The molecule has 7 heteroatoms. The number of anilines is 1. The van der Waals surface area contributed by atoms with Crippen molar-refractivity contribution in [3.63, 3.8) is 0 Å². The summed E-state index contributed by atoms with van der Waals surface area (Å²) < 4.78 is 6.44. The predicted octanol–water partition coefficient (Wildman–Crippen LogP) is 4.37. The number of fused-ring (bicyclic) bond motifs is 2. The summed E-state index contributed by atoms with van der Waals surface area (Å²) in [5.74, 6) is 0.194. The summed E-state index contributed by atoms with van der Waals surface area (Å²) >= 11 is 0. The molecule has 0 bridgehead atoms. The fourth-order valence-electron chi connectivity index (χ4n) is 4.37. The average Bonchev–Trinajstić information content (AvgIpc) is 3.32. The lowest BCUT2D eigenvalue weighted by atomic mass is 9.84. The Morgan fingerprint density at radius 1 is 1.03 bits per heavy atom. The molecule has 0 unspecified atom stereocenters. The van der Waals surface area contributed by atoms with Gasteiger partial charge in [-0.15, -0.1) is 0 Å². The number of nitrogens with zero attached hydrogens (tertiary/aromatic N) is 3. The Balaban J connectivity index is 1.70. The molecule has 0 aromatic heterocycles. The van der Waals surface area contributed by atoms with Gasteiger partial charge in [0.25, 0.3) is 11.6 Å². The van der Waals surface area contributed by atoms with Crippen molar-refractivity contribution >= 4 is 23.2 Å². The van der Waals surface area contributed by atoms with E-state index in [-0.39, 0.29) is 11.6 Å². The highest BCUT2D eigenvalue weighted by atomic mass is 16.6. The summed E-state index contributed by atoms with van der Waals surface area (Å²) in [6, 6.07) is 22.5. The van der Waals surface area contributed by atoms with Gasteiger partial charge < -0.3 is 9.64 Å². The second kappa shape index (κ2) is 7.05. The van der Waals surface area contributed by atoms with Gasteiger partial charge in [0, 0.05) is 29.8 Å². The number of hydrogen-bond acceptors (Lipinski definition) is 5. The minimum atomic E-state index is -1.35. The number of ether oxygens (including phenoxy) is 1. The van der Waals surface area contributed by atoms with Crippen LogP contribution in [0.15, 0.2) is 83.9 Å². The highest BCUT2D eigenvalue weighted by Gasteiger charge is 2.61. The Morgan fingerprint density at radius 3 is 2.39 bits per heavy atom. The number of aliphatic imine (C=N–C) groups is 1. The number of rotatable bonds is 4. The van der Waals surface area contributed by atoms with Crippen LogP contribution in [0.5, 0.6) is 0 Å². The molecule has 0 saturated carbocycles. The third kappa shape index (κ3) is 2.73. The zero-order chi connectivity index (χ0) is 21.6. The van der Waals surface area contributed by atoms with Crippen LogP contribution in [-0.4, -0.2) is 23.3 Å². The number of likely N-dealkylation sites (N-methyl/N-ethyl adjacent to an activating group) is 1. The molecule has 2 heterocycles. The molecule has 0 radical (unpaired) electrons. The number of non-ortho nitro benzene ring substituents is 1. The standard InChI is InChI=1S/C24H19N3O4/c1-2-26-20-11-7-6-10-19(20)24(23(26)28)21(16-12-14-18(15-13-16)27(29)30)25-22(31-24)17-8-4-3-5-9-17/h3-15,21H,2H2,1H3/t21-,24-/m1/s1. The van der Waals surface area contributed by atoms with E-state index in [9.17, 15) is 14.9 Å². The number of nitro benzene ring substituents is 1. The maximum Gasteiger partial charge on any atom is 0.278 e. The quantitative estimate of drug-likeness (QED) is 0.469. The minimum absolute atomic E-state index is 0.0164. The molecule has 3 aromatic rings. The lowest BCUT2D eigenvalue weighted by molar-refractivity contribution is -0.384. The van der Waals surface area contributed by atoms with Crippen LogP contribution in [0, 0.1) is 10.1 Å². The van der Waals surface area contributed by atoms with Crippen molar-refractivity contribution in [2.24, 2.45) is 4.99 Å². The van der Waals surface area contributed by atoms with Crippen LogP contribution < -0.4 is 4.90 Å². The monoisotopic (exact) mass is 413 g/mol. The summed E-state index contributed by atoms with van der Waals surface area (Å²) in [6.45, 7) is 2.41. The molecule has 2 atom stereocenters. The van der Waals surface area contributed by atoms with Crippen LogP contribution in [0.4, 0.5) is 11.4 Å². The third-order valence-corrected chi connectivity index (χ3v) is 5.80. The second-order valence-electron chi connectivity index (χ2n) is 7.46. The van der Waals surface area contributed by atoms with Crippen LogP contribution in [0.25, 0.3) is 0 Å². The fourth-order valence-corrected chi connectivity index (χ4v) is 4.37. The Kier molecular flexibility index (Phi) is 4.32. The number of hydrogen-bond donors (Lipinski definition) is 0. The molecule has 3 aromatic carbocycles. The predicted molar refractivity (Wildman–Crippen MR) is 116 cm³/mol. The molecule has 5 rings (SSSR count). The van der Waals surface area contributed by atoms with Crippen LogP contribution >= 0.6 is 0 Å². The topological polar surface area (TPSA) is 85.0 Å². The van der Waals surface area contributed by atoms with Gasteiger partial charge >= 0.3 is 0 Å². The summed E-state index contributed by atoms with van der Waals surface area (Å²) in [5, 5.41) is 11.1. The molecule has 0 N–H and O–H groups in total. The lowest BCUT2D eigenvalue weighted by Crippen LogP contribution is -2.44. The highest BCUT2D eigenvalue weighted by Crippen LogP contribution is 2.54. The smallest absolute Gasteiger partial charge is 0.278 e. The maximum atomic E-state index is 13.8. The first-order chi connectivity index (χ1) is 15.1. The highest BCUT2D eigenvalue weighted by molar-refractivity contribution is 6.11. The number of benzene rings is 3. The summed E-state index contributed by atoms with van der Waals surface area (Å²) in [6.07, 6.45) is 0. The molecule has 1 amide bonds. The van der Waals surface area contributed by atoms with E-state index in [0.717, 1.165) is 16.8 Å². The Morgan fingerprint density at radius 2 is 1.71 bits per heavy atom. The van der Waals surface area contributed by atoms with E-state index in [1.54, 1.807) is 17.0 Å². The molecule has 0 saturated heterocycles. The number of carbonyl (C=O) groups excluding carboxylic acids is 1. The van der Waals surface area contributed by atoms with Crippen molar-refractivity contribution in [1.82, 2.24) is 0 Å². The summed E-state index contributed by atoms with van der Waals surface area (Å²) in [5.41, 5.74) is 1.63. The van der Waals surface area contributed by atoms with Crippen molar-refractivity contribution in [2.75, 3.05) is 11.4 Å². The van der Waals surface area contributed by atoms with Crippen molar-refractivity contribution in [1.29, 1.82) is 0 Å². The molecule has 0 aliphatic carbocycles. The number of nitro groups is 1. The molecule has 2 aliphatic heterocycles. The molecule has 7 nitrogen and oxygen atoms in total. The molecule has 31 heavy (non-hydrogen) atoms. The minimum Gasteiger partial charge on any atom is -0.453 e. The van der Waals surface area contributed by atoms with E-state index in [1.807, 2.05) is 61.5 Å². The van der Waals surface area contributed by atoms with E-state index in [1.165, 1.54) is 12.1 Å². The van der Waals surface area contributed by atoms with Gasteiger partial charge in [0.1, 0.15) is 6.04 Å². The van der Waals surface area contributed by atoms with Gasteiger partial charge in [-0.2, -0.15) is 0 Å². The zero-order valence-corrected chi connectivity index (χ0v) is 16.8. The van der Waals surface area contributed by atoms with Crippen molar-refractivity contribution in [2.45, 2.75) is 18.6 Å². The van der Waals surface area contributed by atoms with Gasteiger partial charge in [0.05, 0.1) is 10.6 Å².